The molecule has 0 heterocycles. The smallest absolute Gasteiger partial charge is 0.00977 e. The molecule has 0 atom stereocenters. The van der Waals surface area contributed by atoms with Gasteiger partial charge < -0.3 is 22.9 Å². The quantitative estimate of drug-likeness (QED) is 0.583. The van der Waals surface area contributed by atoms with Crippen molar-refractivity contribution >= 4 is 0 Å². The Balaban J connectivity index is 0. The molecule has 0 aromatic carbocycles. The molecule has 0 saturated carbocycles. The van der Waals surface area contributed by atoms with Gasteiger partial charge in [-0.3, -0.25) is 0 Å². The number of nitrogens with two attached hydrogens (primary N) is 4. The third-order valence-electron chi connectivity index (χ3n) is 2.44. The van der Waals surface area contributed by atoms with Gasteiger partial charge in [-0.25, -0.2) is 0 Å². The van der Waals surface area contributed by atoms with Gasteiger partial charge in [-0.05, 0) is 73.8 Å². The minimum absolute atomic E-state index is 0.0284. The van der Waals surface area contributed by atoms with Crippen LogP contribution in [0.3, 0.4) is 0 Å². The van der Waals surface area contributed by atoms with Gasteiger partial charge in [-0.15, -0.1) is 0 Å². The standard InChI is InChI=1S/C8H20N2.C6H16N2/c1-7(2,9)5-6-8(3,4)10;1-6(2,8)4-3-5-7/h5-6,9-10H2,1-4H3;3-5,7-8H2,1-2H3. The van der Waals surface area contributed by atoms with Gasteiger partial charge >= 0.3 is 0 Å². The summed E-state index contributed by atoms with van der Waals surface area (Å²) in [6.45, 7) is 12.9. The molecule has 0 fully saturated rings. The van der Waals surface area contributed by atoms with E-state index in [0.717, 1.165) is 32.2 Å². The van der Waals surface area contributed by atoms with Crippen LogP contribution in [0.25, 0.3) is 0 Å². The minimum Gasteiger partial charge on any atom is -0.330 e. The Labute approximate surface area is 114 Å². The van der Waals surface area contributed by atoms with Gasteiger partial charge in [-0.2, -0.15) is 0 Å². The monoisotopic (exact) mass is 260 g/mol. The molecule has 0 aliphatic heterocycles. The fourth-order valence-corrected chi connectivity index (χ4v) is 1.20. The third-order valence-corrected chi connectivity index (χ3v) is 2.44. The molecule has 4 heteroatoms. The lowest BCUT2D eigenvalue weighted by molar-refractivity contribution is 0.376. The summed E-state index contributed by atoms with van der Waals surface area (Å²) >= 11 is 0. The van der Waals surface area contributed by atoms with Crippen molar-refractivity contribution < 1.29 is 0 Å². The molecule has 0 aliphatic carbocycles. The Bertz CT molecular complexity index is 179. The summed E-state index contributed by atoms with van der Waals surface area (Å²) in [6.07, 6.45) is 4.01. The molecule has 0 unspecified atom stereocenters. The van der Waals surface area contributed by atoms with Crippen molar-refractivity contribution in [2.24, 2.45) is 22.9 Å². The first-order valence-corrected chi connectivity index (χ1v) is 6.83. The van der Waals surface area contributed by atoms with Crippen LogP contribution in [0.5, 0.6) is 0 Å². The highest BCUT2D eigenvalue weighted by Crippen LogP contribution is 2.14. The Morgan fingerprint density at radius 2 is 0.889 bits per heavy atom. The predicted molar refractivity (Wildman–Crippen MR) is 82.3 cm³/mol. The molecule has 8 N–H and O–H groups in total. The van der Waals surface area contributed by atoms with Gasteiger partial charge in [0.25, 0.3) is 0 Å². The maximum atomic E-state index is 5.79. The normalized spacial score (nSPS) is 13.0. The van der Waals surface area contributed by atoms with Crippen LogP contribution in [-0.4, -0.2) is 23.2 Å². The highest BCUT2D eigenvalue weighted by Gasteiger charge is 2.16. The summed E-state index contributed by atoms with van der Waals surface area (Å²) in [4.78, 5) is 0. The zero-order valence-electron chi connectivity index (χ0n) is 13.3. The molecule has 0 aromatic rings. The van der Waals surface area contributed by atoms with Crippen molar-refractivity contribution in [2.75, 3.05) is 6.54 Å². The second kappa shape index (κ2) is 8.10. The Kier molecular flexibility index (Phi) is 9.07. The summed E-state index contributed by atoms with van der Waals surface area (Å²) in [6, 6.07) is 0. The van der Waals surface area contributed by atoms with E-state index in [1.54, 1.807) is 0 Å². The second-order valence-electron chi connectivity index (χ2n) is 7.36. The first kappa shape index (κ1) is 20.2. The van der Waals surface area contributed by atoms with Gasteiger partial charge in [0.15, 0.2) is 0 Å². The second-order valence-corrected chi connectivity index (χ2v) is 7.36. The first-order chi connectivity index (χ1) is 7.77. The summed E-state index contributed by atoms with van der Waals surface area (Å²) in [5, 5.41) is 0. The molecule has 0 bridgehead atoms. The van der Waals surface area contributed by atoms with E-state index in [0.29, 0.717) is 0 Å². The molecular formula is C14H36N4. The van der Waals surface area contributed by atoms with Gasteiger partial charge in [0.05, 0.1) is 0 Å². The van der Waals surface area contributed by atoms with E-state index in [2.05, 4.69) is 0 Å². The van der Waals surface area contributed by atoms with E-state index >= 15 is 0 Å². The summed E-state index contributed by atoms with van der Waals surface area (Å²) < 4.78 is 0. The topological polar surface area (TPSA) is 104 Å². The SMILES string of the molecule is CC(C)(N)CCC(C)(C)N.CC(C)(N)CCCN. The zero-order chi connectivity index (χ0) is 15.0. The molecular weight excluding hydrogens is 224 g/mol. The number of hydrogen-bond acceptors (Lipinski definition) is 4. The van der Waals surface area contributed by atoms with E-state index in [9.17, 15) is 0 Å². The van der Waals surface area contributed by atoms with Gasteiger partial charge in [0.1, 0.15) is 0 Å². The summed E-state index contributed by atoms with van der Waals surface area (Å²) in [5.74, 6) is 0. The Morgan fingerprint density at radius 1 is 0.611 bits per heavy atom. The van der Waals surface area contributed by atoms with E-state index in [1.807, 2.05) is 41.5 Å². The minimum atomic E-state index is -0.0728. The van der Waals surface area contributed by atoms with Crippen LogP contribution in [0.4, 0.5) is 0 Å². The van der Waals surface area contributed by atoms with Crippen LogP contribution in [-0.2, 0) is 0 Å². The van der Waals surface area contributed by atoms with Crippen molar-refractivity contribution in [1.82, 2.24) is 0 Å². The molecule has 0 radical (unpaired) electrons. The highest BCUT2D eigenvalue weighted by atomic mass is 14.7. The Morgan fingerprint density at radius 3 is 1.00 bits per heavy atom. The largest absolute Gasteiger partial charge is 0.330 e. The van der Waals surface area contributed by atoms with Crippen molar-refractivity contribution in [1.29, 1.82) is 0 Å². The predicted octanol–water partition coefficient (Wildman–Crippen LogP) is 1.70. The van der Waals surface area contributed by atoms with E-state index in [1.165, 1.54) is 0 Å². The average Bonchev–Trinajstić information content (AvgIpc) is 2.09. The molecule has 0 aromatic heterocycles. The van der Waals surface area contributed by atoms with Crippen LogP contribution >= 0.6 is 0 Å². The molecule has 0 saturated heterocycles. The Hall–Kier alpha value is -0.160. The first-order valence-electron chi connectivity index (χ1n) is 6.83. The highest BCUT2D eigenvalue weighted by molar-refractivity contribution is 4.79. The van der Waals surface area contributed by atoms with Crippen molar-refractivity contribution in [2.45, 2.75) is 83.8 Å². The zero-order valence-corrected chi connectivity index (χ0v) is 13.3. The lowest BCUT2D eigenvalue weighted by Crippen LogP contribution is -2.38. The van der Waals surface area contributed by atoms with E-state index < -0.39 is 0 Å². The summed E-state index contributed by atoms with van der Waals surface area (Å²) in [5.41, 5.74) is 22.3. The van der Waals surface area contributed by atoms with Crippen LogP contribution in [0.1, 0.15) is 67.2 Å². The average molecular weight is 260 g/mol. The number of hydrogen-bond donors (Lipinski definition) is 4. The molecule has 18 heavy (non-hydrogen) atoms. The van der Waals surface area contributed by atoms with Crippen LogP contribution in [0, 0.1) is 0 Å². The van der Waals surface area contributed by atoms with E-state index in [-0.39, 0.29) is 16.6 Å². The van der Waals surface area contributed by atoms with Crippen LogP contribution in [0.2, 0.25) is 0 Å². The third kappa shape index (κ3) is 24.9. The fraction of sp³-hybridized carbons (Fsp3) is 1.00. The molecule has 0 aliphatic rings. The molecule has 0 amide bonds. The lowest BCUT2D eigenvalue weighted by Gasteiger charge is -2.24. The fourth-order valence-electron chi connectivity index (χ4n) is 1.20. The summed E-state index contributed by atoms with van der Waals surface area (Å²) in [7, 11) is 0. The van der Waals surface area contributed by atoms with E-state index in [4.69, 9.17) is 22.9 Å². The molecule has 0 spiro atoms. The van der Waals surface area contributed by atoms with Crippen molar-refractivity contribution in [3.8, 4) is 0 Å². The van der Waals surface area contributed by atoms with Crippen LogP contribution < -0.4 is 22.9 Å². The van der Waals surface area contributed by atoms with Crippen molar-refractivity contribution in [3.05, 3.63) is 0 Å². The van der Waals surface area contributed by atoms with Gasteiger partial charge in [0.2, 0.25) is 0 Å². The molecule has 4 nitrogen and oxygen atoms in total. The maximum Gasteiger partial charge on any atom is 0.00977 e. The maximum absolute atomic E-state index is 5.79. The molecule has 112 valence electrons. The number of rotatable bonds is 6. The lowest BCUT2D eigenvalue weighted by atomic mass is 9.91. The van der Waals surface area contributed by atoms with Crippen LogP contribution in [0.15, 0.2) is 0 Å². The molecule has 0 rings (SSSR count). The van der Waals surface area contributed by atoms with Crippen molar-refractivity contribution in [3.63, 3.8) is 0 Å². The van der Waals surface area contributed by atoms with Gasteiger partial charge in [-0.1, -0.05) is 0 Å². The van der Waals surface area contributed by atoms with Gasteiger partial charge in [0, 0.05) is 16.6 Å².